The SMILES string of the molecule is COc1cc2c(C(C(=O)O)C(C)C)c(C)n(C(=O)c3ccc(OC(F)F)cc3)c2cc1F. The molecule has 3 aromatic rings. The molecule has 0 saturated heterocycles. The van der Waals surface area contributed by atoms with E-state index in [1.54, 1.807) is 20.8 Å². The lowest BCUT2D eigenvalue weighted by Crippen LogP contribution is -2.19. The van der Waals surface area contributed by atoms with E-state index < -0.39 is 30.2 Å². The molecule has 1 N–H and O–H groups in total. The number of halogens is 3. The van der Waals surface area contributed by atoms with Crippen LogP contribution in [-0.4, -0.2) is 35.3 Å². The van der Waals surface area contributed by atoms with E-state index in [-0.39, 0.29) is 28.5 Å². The van der Waals surface area contributed by atoms with Crippen molar-refractivity contribution < 1.29 is 37.3 Å². The highest BCUT2D eigenvalue weighted by Crippen LogP contribution is 2.39. The van der Waals surface area contributed by atoms with Gasteiger partial charge in [-0.3, -0.25) is 14.2 Å². The molecule has 0 fully saturated rings. The van der Waals surface area contributed by atoms with Gasteiger partial charge in [-0.15, -0.1) is 0 Å². The minimum absolute atomic E-state index is 0.0789. The van der Waals surface area contributed by atoms with Gasteiger partial charge in [0.05, 0.1) is 18.5 Å². The minimum atomic E-state index is -3.00. The summed E-state index contributed by atoms with van der Waals surface area (Å²) in [5.41, 5.74) is 1.03. The Morgan fingerprint density at radius 3 is 2.22 bits per heavy atom. The Morgan fingerprint density at radius 2 is 1.72 bits per heavy atom. The van der Waals surface area contributed by atoms with Crippen LogP contribution in [0.4, 0.5) is 13.2 Å². The molecule has 0 spiro atoms. The van der Waals surface area contributed by atoms with Crippen LogP contribution in [0.15, 0.2) is 36.4 Å². The molecule has 1 heterocycles. The van der Waals surface area contributed by atoms with Crippen LogP contribution >= 0.6 is 0 Å². The summed E-state index contributed by atoms with van der Waals surface area (Å²) in [6, 6.07) is 7.56. The summed E-state index contributed by atoms with van der Waals surface area (Å²) in [5.74, 6) is -3.83. The molecule has 0 saturated carbocycles. The van der Waals surface area contributed by atoms with Gasteiger partial charge in [-0.05, 0) is 48.7 Å². The molecule has 1 aromatic heterocycles. The van der Waals surface area contributed by atoms with Gasteiger partial charge in [-0.2, -0.15) is 8.78 Å². The Balaban J connectivity index is 2.24. The number of carbonyl (C=O) groups excluding carboxylic acids is 1. The number of methoxy groups -OCH3 is 1. The van der Waals surface area contributed by atoms with Gasteiger partial charge < -0.3 is 14.6 Å². The van der Waals surface area contributed by atoms with Crippen LogP contribution in [0.2, 0.25) is 0 Å². The summed E-state index contributed by atoms with van der Waals surface area (Å²) in [7, 11) is 1.29. The average molecular weight is 449 g/mol. The number of hydrogen-bond acceptors (Lipinski definition) is 4. The number of hydrogen-bond donors (Lipinski definition) is 1. The molecule has 3 rings (SSSR count). The van der Waals surface area contributed by atoms with Crippen molar-refractivity contribution in [3.05, 3.63) is 59.0 Å². The van der Waals surface area contributed by atoms with E-state index in [0.29, 0.717) is 16.6 Å². The van der Waals surface area contributed by atoms with E-state index >= 15 is 0 Å². The van der Waals surface area contributed by atoms with Crippen molar-refractivity contribution in [2.75, 3.05) is 7.11 Å². The lowest BCUT2D eigenvalue weighted by atomic mass is 9.86. The number of carboxylic acids is 1. The third kappa shape index (κ3) is 4.15. The molecule has 0 aliphatic rings. The van der Waals surface area contributed by atoms with Crippen molar-refractivity contribution in [1.29, 1.82) is 0 Å². The molecule has 0 bridgehead atoms. The van der Waals surface area contributed by atoms with Gasteiger partial charge in [0.2, 0.25) is 0 Å². The van der Waals surface area contributed by atoms with Crippen LogP contribution in [0, 0.1) is 18.7 Å². The number of nitrogens with zero attached hydrogens (tertiary/aromatic N) is 1. The summed E-state index contributed by atoms with van der Waals surface area (Å²) >= 11 is 0. The number of rotatable bonds is 7. The number of ether oxygens (including phenoxy) is 2. The topological polar surface area (TPSA) is 77.8 Å². The highest BCUT2D eigenvalue weighted by molar-refractivity contribution is 6.05. The number of fused-ring (bicyclic) bond motifs is 1. The molecule has 0 aliphatic heterocycles. The molecule has 1 unspecified atom stereocenters. The molecular weight excluding hydrogens is 427 g/mol. The van der Waals surface area contributed by atoms with Gasteiger partial charge in [-0.1, -0.05) is 13.8 Å². The highest BCUT2D eigenvalue weighted by Gasteiger charge is 2.32. The number of carboxylic acid groups (broad SMARTS) is 1. The molecule has 1 atom stereocenters. The molecule has 2 aromatic carbocycles. The maximum atomic E-state index is 14.5. The van der Waals surface area contributed by atoms with Crippen LogP contribution in [-0.2, 0) is 4.79 Å². The zero-order chi connectivity index (χ0) is 23.7. The van der Waals surface area contributed by atoms with Crippen molar-refractivity contribution in [2.24, 2.45) is 5.92 Å². The Morgan fingerprint density at radius 1 is 1.09 bits per heavy atom. The molecule has 170 valence electrons. The second-order valence-electron chi connectivity index (χ2n) is 7.61. The molecule has 6 nitrogen and oxygen atoms in total. The Labute approximate surface area is 182 Å². The van der Waals surface area contributed by atoms with E-state index in [2.05, 4.69) is 4.74 Å². The number of aromatic nitrogens is 1. The molecular formula is C23H22F3NO5. The summed E-state index contributed by atoms with van der Waals surface area (Å²) in [4.78, 5) is 25.4. The number of aliphatic carboxylic acids is 1. The minimum Gasteiger partial charge on any atom is -0.494 e. The third-order valence-corrected chi connectivity index (χ3v) is 5.30. The monoisotopic (exact) mass is 449 g/mol. The Bertz CT molecular complexity index is 1170. The average Bonchev–Trinajstić information content (AvgIpc) is 2.97. The van der Waals surface area contributed by atoms with E-state index in [0.717, 1.165) is 6.07 Å². The van der Waals surface area contributed by atoms with Crippen molar-refractivity contribution >= 4 is 22.8 Å². The van der Waals surface area contributed by atoms with Crippen molar-refractivity contribution in [2.45, 2.75) is 33.3 Å². The third-order valence-electron chi connectivity index (χ3n) is 5.30. The van der Waals surface area contributed by atoms with Crippen molar-refractivity contribution in [3.63, 3.8) is 0 Å². The van der Waals surface area contributed by atoms with E-state index in [1.807, 2.05) is 0 Å². The lowest BCUT2D eigenvalue weighted by molar-refractivity contribution is -0.139. The Hall–Kier alpha value is -3.49. The summed E-state index contributed by atoms with van der Waals surface area (Å²) in [5, 5.41) is 10.2. The van der Waals surface area contributed by atoms with E-state index in [9.17, 15) is 27.9 Å². The molecule has 0 radical (unpaired) electrons. The summed E-state index contributed by atoms with van der Waals surface area (Å²) in [6.45, 7) is 2.07. The van der Waals surface area contributed by atoms with Crippen LogP contribution in [0.3, 0.4) is 0 Å². The van der Waals surface area contributed by atoms with Crippen molar-refractivity contribution in [1.82, 2.24) is 4.57 Å². The first-order valence-electron chi connectivity index (χ1n) is 9.77. The zero-order valence-corrected chi connectivity index (χ0v) is 17.9. The van der Waals surface area contributed by atoms with Gasteiger partial charge in [0, 0.05) is 22.7 Å². The van der Waals surface area contributed by atoms with Crippen LogP contribution in [0.25, 0.3) is 10.9 Å². The molecule has 0 amide bonds. The first-order valence-corrected chi connectivity index (χ1v) is 9.77. The predicted octanol–water partition coefficient (Wildman–Crippen LogP) is 5.21. The maximum Gasteiger partial charge on any atom is 0.387 e. The van der Waals surface area contributed by atoms with E-state index in [1.165, 1.54) is 42.0 Å². The maximum absolute atomic E-state index is 14.5. The van der Waals surface area contributed by atoms with Gasteiger partial charge in [0.15, 0.2) is 11.6 Å². The van der Waals surface area contributed by atoms with Crippen LogP contribution in [0.5, 0.6) is 11.5 Å². The largest absolute Gasteiger partial charge is 0.494 e. The van der Waals surface area contributed by atoms with Gasteiger partial charge in [-0.25, -0.2) is 4.39 Å². The van der Waals surface area contributed by atoms with Gasteiger partial charge in [0.1, 0.15) is 5.75 Å². The number of carbonyl (C=O) groups is 2. The number of benzene rings is 2. The smallest absolute Gasteiger partial charge is 0.387 e. The quantitative estimate of drug-likeness (QED) is 0.536. The van der Waals surface area contributed by atoms with Gasteiger partial charge in [0.25, 0.3) is 5.91 Å². The molecule has 32 heavy (non-hydrogen) atoms. The zero-order valence-electron chi connectivity index (χ0n) is 17.9. The van der Waals surface area contributed by atoms with Crippen LogP contribution < -0.4 is 9.47 Å². The first-order chi connectivity index (χ1) is 15.1. The van der Waals surface area contributed by atoms with Gasteiger partial charge >= 0.3 is 12.6 Å². The fourth-order valence-corrected chi connectivity index (χ4v) is 3.90. The molecule has 0 aliphatic carbocycles. The Kier molecular flexibility index (Phi) is 6.47. The summed E-state index contributed by atoms with van der Waals surface area (Å²) < 4.78 is 49.9. The van der Waals surface area contributed by atoms with Crippen molar-refractivity contribution in [3.8, 4) is 11.5 Å². The number of alkyl halides is 2. The lowest BCUT2D eigenvalue weighted by Gasteiger charge is -2.17. The predicted molar refractivity (Wildman–Crippen MR) is 111 cm³/mol. The molecule has 9 heteroatoms. The first kappa shape index (κ1) is 23.2. The fourth-order valence-electron chi connectivity index (χ4n) is 3.90. The normalized spacial score (nSPS) is 12.4. The van der Waals surface area contributed by atoms with E-state index in [4.69, 9.17) is 4.74 Å². The van der Waals surface area contributed by atoms with Crippen LogP contribution in [0.1, 0.15) is 41.4 Å². The second-order valence-corrected chi connectivity index (χ2v) is 7.61. The highest BCUT2D eigenvalue weighted by atomic mass is 19.3. The fraction of sp³-hybridized carbons (Fsp3) is 0.304. The standard InChI is InChI=1S/C23H22F3NO5/c1-11(2)19(22(29)30)20-12(3)27(17-10-16(24)18(31-4)9-15(17)20)21(28)13-5-7-14(8-6-13)32-23(25)26/h5-11,19,23H,1-4H3,(H,29,30). The second kappa shape index (κ2) is 8.94. The summed E-state index contributed by atoms with van der Waals surface area (Å²) in [6.07, 6.45) is 0.